The quantitative estimate of drug-likeness (QED) is 0.0364. The molecule has 2 saturated heterocycles. The number of thioether (sulfide) groups is 1. The lowest BCUT2D eigenvalue weighted by Crippen LogP contribution is -2.54. The Kier molecular flexibility index (Phi) is 14.2. The molecule has 2 fully saturated rings. The van der Waals surface area contributed by atoms with Gasteiger partial charge in [0.15, 0.2) is 5.82 Å². The van der Waals surface area contributed by atoms with Crippen molar-refractivity contribution in [1.29, 1.82) is 0 Å². The number of nitrogens with zero attached hydrogens (tertiary/aromatic N) is 4. The second-order valence-electron chi connectivity index (χ2n) is 15.9. The lowest BCUT2D eigenvalue weighted by molar-refractivity contribution is -0.136. The van der Waals surface area contributed by atoms with Crippen LogP contribution in [0.1, 0.15) is 78.5 Å². The summed E-state index contributed by atoms with van der Waals surface area (Å²) in [6.07, 6.45) is 7.26. The average molecular weight is 901 g/mol. The van der Waals surface area contributed by atoms with Gasteiger partial charge < -0.3 is 30.2 Å². The van der Waals surface area contributed by atoms with Crippen LogP contribution in [0.15, 0.2) is 71.8 Å². The van der Waals surface area contributed by atoms with Gasteiger partial charge in [0.25, 0.3) is 11.8 Å². The van der Waals surface area contributed by atoms with Crippen LogP contribution in [0.5, 0.6) is 5.75 Å². The first-order valence-corrected chi connectivity index (χ1v) is 24.7. The first-order chi connectivity index (χ1) is 29.8. The Labute approximate surface area is 369 Å². The maximum Gasteiger partial charge on any atom is 0.263 e. The Morgan fingerprint density at radius 3 is 2.47 bits per heavy atom. The van der Waals surface area contributed by atoms with E-state index in [-0.39, 0.29) is 30.4 Å². The molecule has 0 bridgehead atoms. The summed E-state index contributed by atoms with van der Waals surface area (Å²) in [5.41, 5.74) is 2.94. The molecule has 1 aromatic heterocycles. The third-order valence-electron chi connectivity index (χ3n) is 11.1. The minimum atomic E-state index is -2.57. The van der Waals surface area contributed by atoms with Crippen LogP contribution in [-0.2, 0) is 18.9 Å². The molecule has 3 aliphatic rings. The molecule has 4 N–H and O–H groups in total. The van der Waals surface area contributed by atoms with Gasteiger partial charge in [-0.25, -0.2) is 4.98 Å². The van der Waals surface area contributed by atoms with Crippen molar-refractivity contribution in [3.8, 4) is 5.75 Å². The summed E-state index contributed by atoms with van der Waals surface area (Å²) < 4.78 is 18.6. The Bertz CT molecular complexity index is 2420. The van der Waals surface area contributed by atoms with E-state index < -0.39 is 36.8 Å². The molecule has 4 heterocycles. The number of hydrogen-bond donors (Lipinski definition) is 4. The predicted octanol–water partition coefficient (Wildman–Crippen LogP) is 7.10. The number of piperidine rings is 2. The van der Waals surface area contributed by atoms with E-state index in [1.165, 1.54) is 18.0 Å². The molecule has 0 radical (unpaired) electrons. The number of carbonyl (C=O) groups excluding carboxylic acids is 5. The van der Waals surface area contributed by atoms with Crippen molar-refractivity contribution in [2.75, 3.05) is 54.8 Å². The van der Waals surface area contributed by atoms with Crippen LogP contribution in [0.3, 0.4) is 0 Å². The van der Waals surface area contributed by atoms with Crippen LogP contribution in [0.2, 0.25) is 5.02 Å². The van der Waals surface area contributed by atoms with Crippen LogP contribution < -0.4 is 36.2 Å². The fourth-order valence-corrected chi connectivity index (χ4v) is 10.3. The van der Waals surface area contributed by atoms with E-state index in [0.717, 1.165) is 68.0 Å². The van der Waals surface area contributed by atoms with E-state index in [1.807, 2.05) is 48.5 Å². The van der Waals surface area contributed by atoms with Crippen molar-refractivity contribution >= 4 is 94.2 Å². The Balaban J connectivity index is 0.821. The van der Waals surface area contributed by atoms with Gasteiger partial charge in [-0.2, -0.15) is 4.98 Å². The van der Waals surface area contributed by atoms with Gasteiger partial charge in [0.1, 0.15) is 24.0 Å². The number of para-hydroxylation sites is 1. The molecule has 326 valence electrons. The summed E-state index contributed by atoms with van der Waals surface area (Å²) in [5.74, 6) is 0.0536. The van der Waals surface area contributed by atoms with E-state index in [0.29, 0.717) is 56.1 Å². The molecule has 7 rings (SSSR count). The summed E-state index contributed by atoms with van der Waals surface area (Å²) in [4.78, 5) is 76.3. The number of unbranched alkanes of at least 4 members (excludes halogenated alkanes) is 3. The maximum absolute atomic E-state index is 13.3. The summed E-state index contributed by atoms with van der Waals surface area (Å²) in [6.45, 7) is 4.98. The van der Waals surface area contributed by atoms with Gasteiger partial charge in [-0.05, 0) is 87.6 Å². The van der Waals surface area contributed by atoms with E-state index in [4.69, 9.17) is 16.3 Å². The number of anilines is 5. The molecule has 3 aromatic carbocycles. The first-order valence-electron chi connectivity index (χ1n) is 20.7. The van der Waals surface area contributed by atoms with Crippen molar-refractivity contribution in [2.45, 2.75) is 74.8 Å². The highest BCUT2D eigenvalue weighted by Crippen LogP contribution is 2.39. The maximum atomic E-state index is 13.3. The smallest absolute Gasteiger partial charge is 0.263 e. The molecule has 1 atom stereocenters. The fourth-order valence-electron chi connectivity index (χ4n) is 7.90. The molecule has 0 saturated carbocycles. The average Bonchev–Trinajstić information content (AvgIpc) is 3.50. The number of ether oxygens (including phenoxy) is 1. The summed E-state index contributed by atoms with van der Waals surface area (Å²) in [6, 6.07) is 17.5. The van der Waals surface area contributed by atoms with Crippen LogP contribution in [0, 0.1) is 0 Å². The second kappa shape index (κ2) is 19.7. The number of fused-ring (bicyclic) bond motifs is 1. The van der Waals surface area contributed by atoms with E-state index in [9.17, 15) is 28.5 Å². The monoisotopic (exact) mass is 900 g/mol. The highest BCUT2D eigenvalue weighted by atomic mass is 35.5. The molecule has 1 unspecified atom stereocenters. The number of hydrogen-bond acceptors (Lipinski definition) is 13. The number of amides is 5. The van der Waals surface area contributed by atoms with Crippen molar-refractivity contribution in [3.63, 3.8) is 0 Å². The molecule has 4 aromatic rings. The van der Waals surface area contributed by atoms with Crippen molar-refractivity contribution < 1.29 is 33.3 Å². The first kappa shape index (κ1) is 44.6. The third kappa shape index (κ3) is 10.4. The lowest BCUT2D eigenvalue weighted by Gasteiger charge is -2.34. The minimum absolute atomic E-state index is 0.0567. The predicted molar refractivity (Wildman–Crippen MR) is 242 cm³/mol. The number of halogens is 1. The van der Waals surface area contributed by atoms with Gasteiger partial charge in [-0.1, -0.05) is 42.6 Å². The Morgan fingerprint density at radius 1 is 0.935 bits per heavy atom. The molecular formula is C44H50ClN8O7PS. The highest BCUT2D eigenvalue weighted by molar-refractivity contribution is 7.99. The van der Waals surface area contributed by atoms with Gasteiger partial charge in [0.05, 0.1) is 35.8 Å². The molecule has 18 heteroatoms. The van der Waals surface area contributed by atoms with Gasteiger partial charge in [-0.15, -0.1) is 11.8 Å². The van der Waals surface area contributed by atoms with E-state index in [2.05, 4.69) is 36.1 Å². The number of benzene rings is 3. The normalized spacial score (nSPS) is 16.9. The van der Waals surface area contributed by atoms with E-state index >= 15 is 0 Å². The number of nitrogens with one attached hydrogen (secondary N) is 4. The van der Waals surface area contributed by atoms with Gasteiger partial charge in [0, 0.05) is 53.9 Å². The zero-order valence-electron chi connectivity index (χ0n) is 34.9. The number of imide groups is 2. The lowest BCUT2D eigenvalue weighted by atomic mass is 10.0. The highest BCUT2D eigenvalue weighted by Gasteiger charge is 2.45. The Morgan fingerprint density at radius 2 is 1.71 bits per heavy atom. The zero-order valence-corrected chi connectivity index (χ0v) is 37.3. The zero-order chi connectivity index (χ0) is 44.0. The minimum Gasteiger partial charge on any atom is -0.494 e. The van der Waals surface area contributed by atoms with Crippen LogP contribution >= 0.6 is 30.5 Å². The summed E-state index contributed by atoms with van der Waals surface area (Å²) in [7, 11) is -0.959. The standard InChI is InChI=1S/C44H50ClN8O7PS/c1-60-34-25-28(16-17-31(34)49-44-46-26-30(45)40(51-44)48-32-12-7-8-13-35(32)61(2,3)59)52-22-20-27(21-23-52)47-37(54)15-6-4-5-9-24-62-36-14-10-11-29-39(36)43(58)53(42(29)57)33-18-19-38(55)50-41(33)56/h7-8,10-14,16-17,25-27,33H,4-6,9,15,18-24H2,1-3H3,(H,47,54)(H,50,55,56)(H2,46,48,49,51). The van der Waals surface area contributed by atoms with Crippen molar-refractivity contribution in [2.24, 2.45) is 0 Å². The largest absolute Gasteiger partial charge is 0.494 e. The van der Waals surface area contributed by atoms with Crippen LogP contribution in [-0.4, -0.2) is 95.8 Å². The van der Waals surface area contributed by atoms with Crippen molar-refractivity contribution in [1.82, 2.24) is 25.5 Å². The molecular weight excluding hydrogens is 851 g/mol. The molecule has 5 amide bonds. The molecule has 0 aliphatic carbocycles. The number of rotatable bonds is 17. The number of methoxy groups -OCH3 is 1. The molecule has 0 spiro atoms. The SMILES string of the molecule is COc1cc(N2CCC(NC(=O)CCCCCCSc3cccc4c3C(=O)N(C3CCC(=O)NC3=O)C4=O)CC2)ccc1Nc1ncc(Cl)c(Nc2ccccc2P(C)(C)=O)n1. The molecule has 62 heavy (non-hydrogen) atoms. The van der Waals surface area contributed by atoms with Gasteiger partial charge in [-0.3, -0.25) is 34.2 Å². The van der Waals surface area contributed by atoms with Gasteiger partial charge >= 0.3 is 0 Å². The van der Waals surface area contributed by atoms with Crippen LogP contribution in [0.25, 0.3) is 0 Å². The third-order valence-corrected chi connectivity index (χ3v) is 14.1. The fraction of sp³-hybridized carbons (Fsp3) is 0.386. The van der Waals surface area contributed by atoms with Crippen LogP contribution in [0.4, 0.5) is 28.8 Å². The Hall–Kier alpha value is -5.44. The van der Waals surface area contributed by atoms with Gasteiger partial charge in [0.2, 0.25) is 23.7 Å². The van der Waals surface area contributed by atoms with E-state index in [1.54, 1.807) is 32.6 Å². The number of aromatic nitrogens is 2. The molecule has 15 nitrogen and oxygen atoms in total. The van der Waals surface area contributed by atoms with Crippen molar-refractivity contribution in [3.05, 3.63) is 83.0 Å². The molecule has 3 aliphatic heterocycles. The number of carbonyl (C=O) groups is 5. The summed E-state index contributed by atoms with van der Waals surface area (Å²) >= 11 is 7.96. The summed E-state index contributed by atoms with van der Waals surface area (Å²) in [5, 5.41) is 12.9. The second-order valence-corrected chi connectivity index (χ2v) is 20.6. The topological polar surface area (TPSA) is 192 Å².